The molecule has 0 radical (unpaired) electrons. The van der Waals surface area contributed by atoms with Crippen LogP contribution in [0.4, 0.5) is 8.78 Å². The molecule has 0 amide bonds. The number of aromatic hydroxyl groups is 1. The number of phenolic OH excluding ortho intramolecular Hbond substituents is 1. The van der Waals surface area contributed by atoms with Crippen LogP contribution in [-0.4, -0.2) is 16.2 Å². The molecule has 6 heteroatoms. The largest absolute Gasteiger partial charge is 0.505 e. The molecule has 0 saturated heterocycles. The molecular weight excluding hydrogens is 196 g/mol. The molecule has 0 aliphatic rings. The zero-order chi connectivity index (χ0) is 10.9. The second kappa shape index (κ2) is 3.59. The van der Waals surface area contributed by atoms with Crippen LogP contribution in [0.1, 0.15) is 11.6 Å². The van der Waals surface area contributed by atoms with E-state index in [4.69, 9.17) is 15.9 Å². The minimum Gasteiger partial charge on any atom is -0.505 e. The van der Waals surface area contributed by atoms with Crippen molar-refractivity contribution in [3.63, 3.8) is 0 Å². The van der Waals surface area contributed by atoms with E-state index in [1.807, 2.05) is 0 Å². The lowest BCUT2D eigenvalue weighted by Gasteiger charge is -2.08. The highest BCUT2D eigenvalue weighted by Gasteiger charge is 2.22. The van der Waals surface area contributed by atoms with E-state index in [1.165, 1.54) is 0 Å². The molecule has 4 nitrogen and oxygen atoms in total. The highest BCUT2D eigenvalue weighted by Crippen LogP contribution is 2.24. The number of aliphatic carboxylic acids is 1. The Balaban J connectivity index is 3.24. The van der Waals surface area contributed by atoms with Crippen molar-refractivity contribution in [2.24, 2.45) is 5.73 Å². The molecule has 4 N–H and O–H groups in total. The Labute approximate surface area is 77.6 Å². The Morgan fingerprint density at radius 2 is 1.93 bits per heavy atom. The van der Waals surface area contributed by atoms with Gasteiger partial charge in [-0.1, -0.05) is 6.07 Å². The molecule has 0 saturated carbocycles. The minimum atomic E-state index is -1.65. The van der Waals surface area contributed by atoms with Crippen LogP contribution in [0.25, 0.3) is 0 Å². The highest BCUT2D eigenvalue weighted by molar-refractivity contribution is 5.75. The van der Waals surface area contributed by atoms with Gasteiger partial charge in [-0.25, -0.2) is 4.39 Å². The molecule has 0 spiro atoms. The van der Waals surface area contributed by atoms with Crippen LogP contribution in [-0.2, 0) is 4.79 Å². The molecule has 14 heavy (non-hydrogen) atoms. The van der Waals surface area contributed by atoms with Crippen molar-refractivity contribution in [3.05, 3.63) is 29.3 Å². The highest BCUT2D eigenvalue weighted by atomic mass is 19.2. The van der Waals surface area contributed by atoms with Crippen molar-refractivity contribution < 1.29 is 23.8 Å². The standard InChI is InChI=1S/C8H7F2NO3/c9-5-3(7(11)8(13)14)1-2-4(12)6(5)10/h1-2,7,12H,11H2,(H,13,14)/t7-/m1/s1. The Bertz CT molecular complexity index is 381. The number of carboxylic acids is 1. The first-order chi connectivity index (χ1) is 6.45. The number of benzene rings is 1. The van der Waals surface area contributed by atoms with Crippen molar-refractivity contribution in [1.82, 2.24) is 0 Å². The summed E-state index contributed by atoms with van der Waals surface area (Å²) in [6.45, 7) is 0. The van der Waals surface area contributed by atoms with E-state index in [9.17, 15) is 13.6 Å². The van der Waals surface area contributed by atoms with Gasteiger partial charge in [-0.2, -0.15) is 4.39 Å². The predicted molar refractivity (Wildman–Crippen MR) is 42.6 cm³/mol. The molecule has 1 aromatic carbocycles. The first kappa shape index (κ1) is 10.4. The maximum atomic E-state index is 13.0. The normalized spacial score (nSPS) is 12.5. The van der Waals surface area contributed by atoms with Gasteiger partial charge in [-0.3, -0.25) is 4.79 Å². The van der Waals surface area contributed by atoms with Crippen molar-refractivity contribution in [2.75, 3.05) is 0 Å². The fourth-order valence-electron chi connectivity index (χ4n) is 0.927. The van der Waals surface area contributed by atoms with Crippen LogP contribution in [0.5, 0.6) is 5.75 Å². The van der Waals surface area contributed by atoms with E-state index in [-0.39, 0.29) is 0 Å². The third-order valence-electron chi connectivity index (χ3n) is 1.69. The number of carboxylic acid groups (broad SMARTS) is 1. The summed E-state index contributed by atoms with van der Waals surface area (Å²) in [7, 11) is 0. The summed E-state index contributed by atoms with van der Waals surface area (Å²) in [6, 6.07) is 0.119. The van der Waals surface area contributed by atoms with E-state index >= 15 is 0 Å². The summed E-state index contributed by atoms with van der Waals surface area (Å²) >= 11 is 0. The van der Waals surface area contributed by atoms with E-state index < -0.39 is 35.0 Å². The monoisotopic (exact) mass is 203 g/mol. The lowest BCUT2D eigenvalue weighted by atomic mass is 10.1. The maximum absolute atomic E-state index is 13.0. The second-order valence-electron chi connectivity index (χ2n) is 2.62. The first-order valence-electron chi connectivity index (χ1n) is 3.60. The Kier molecular flexibility index (Phi) is 2.66. The molecule has 0 aromatic heterocycles. The van der Waals surface area contributed by atoms with Gasteiger partial charge in [0.15, 0.2) is 11.6 Å². The predicted octanol–water partition coefficient (Wildman–Crippen LogP) is 0.755. The van der Waals surface area contributed by atoms with Gasteiger partial charge in [-0.05, 0) is 6.07 Å². The summed E-state index contributed by atoms with van der Waals surface area (Å²) in [5, 5.41) is 17.2. The summed E-state index contributed by atoms with van der Waals surface area (Å²) in [4.78, 5) is 10.4. The van der Waals surface area contributed by atoms with Crippen LogP contribution in [0.2, 0.25) is 0 Å². The third kappa shape index (κ3) is 1.64. The van der Waals surface area contributed by atoms with E-state index in [2.05, 4.69) is 0 Å². The molecular formula is C8H7F2NO3. The number of halogens is 2. The molecule has 1 rings (SSSR count). The van der Waals surface area contributed by atoms with Gasteiger partial charge in [0.05, 0.1) is 0 Å². The van der Waals surface area contributed by atoms with Crippen LogP contribution in [0.3, 0.4) is 0 Å². The lowest BCUT2D eigenvalue weighted by Crippen LogP contribution is -2.22. The summed E-state index contributed by atoms with van der Waals surface area (Å²) in [6.07, 6.45) is 0. The number of hydrogen-bond donors (Lipinski definition) is 3. The summed E-state index contributed by atoms with van der Waals surface area (Å²) < 4.78 is 25.7. The fourth-order valence-corrected chi connectivity index (χ4v) is 0.927. The van der Waals surface area contributed by atoms with Gasteiger partial charge in [0.2, 0.25) is 5.82 Å². The third-order valence-corrected chi connectivity index (χ3v) is 1.69. The van der Waals surface area contributed by atoms with E-state index in [0.717, 1.165) is 12.1 Å². The van der Waals surface area contributed by atoms with Crippen LogP contribution in [0.15, 0.2) is 12.1 Å². The molecule has 0 unspecified atom stereocenters. The number of hydrogen-bond acceptors (Lipinski definition) is 3. The topological polar surface area (TPSA) is 83.6 Å². The van der Waals surface area contributed by atoms with Crippen molar-refractivity contribution in [2.45, 2.75) is 6.04 Å². The maximum Gasteiger partial charge on any atom is 0.325 e. The average molecular weight is 203 g/mol. The first-order valence-corrected chi connectivity index (χ1v) is 3.60. The Morgan fingerprint density at radius 1 is 1.36 bits per heavy atom. The van der Waals surface area contributed by atoms with Crippen molar-refractivity contribution in [1.29, 1.82) is 0 Å². The number of carbonyl (C=O) groups is 1. The van der Waals surface area contributed by atoms with Gasteiger partial charge >= 0.3 is 5.97 Å². The molecule has 0 heterocycles. The van der Waals surface area contributed by atoms with Crippen LogP contribution >= 0.6 is 0 Å². The molecule has 0 aliphatic carbocycles. The van der Waals surface area contributed by atoms with Crippen molar-refractivity contribution >= 4 is 5.97 Å². The quantitative estimate of drug-likeness (QED) is 0.662. The van der Waals surface area contributed by atoms with Gasteiger partial charge in [-0.15, -0.1) is 0 Å². The van der Waals surface area contributed by atoms with Gasteiger partial charge in [0.25, 0.3) is 0 Å². The SMILES string of the molecule is N[C@@H](C(=O)O)c1ccc(O)c(F)c1F. The fraction of sp³-hybridized carbons (Fsp3) is 0.125. The minimum absolute atomic E-state index is 0.507. The van der Waals surface area contributed by atoms with Crippen LogP contribution in [0, 0.1) is 11.6 Å². The average Bonchev–Trinajstić information content (AvgIpc) is 2.13. The van der Waals surface area contributed by atoms with Crippen molar-refractivity contribution in [3.8, 4) is 5.75 Å². The van der Waals surface area contributed by atoms with E-state index in [0.29, 0.717) is 0 Å². The Morgan fingerprint density at radius 3 is 2.43 bits per heavy atom. The number of rotatable bonds is 2. The van der Waals surface area contributed by atoms with Gasteiger partial charge in [0, 0.05) is 5.56 Å². The number of phenols is 1. The molecule has 0 fully saturated rings. The van der Waals surface area contributed by atoms with Gasteiger partial charge in [0.1, 0.15) is 6.04 Å². The van der Waals surface area contributed by atoms with Gasteiger partial charge < -0.3 is 15.9 Å². The molecule has 1 atom stereocenters. The zero-order valence-corrected chi connectivity index (χ0v) is 6.87. The Hall–Kier alpha value is -1.69. The number of nitrogens with two attached hydrogens (primary N) is 1. The summed E-state index contributed by atoms with van der Waals surface area (Å²) in [5.74, 6) is -5.31. The molecule has 76 valence electrons. The van der Waals surface area contributed by atoms with Crippen LogP contribution < -0.4 is 5.73 Å². The lowest BCUT2D eigenvalue weighted by molar-refractivity contribution is -0.138. The summed E-state index contributed by atoms with van der Waals surface area (Å²) in [5.41, 5.74) is 4.56. The smallest absolute Gasteiger partial charge is 0.325 e. The zero-order valence-electron chi connectivity index (χ0n) is 6.87. The molecule has 1 aromatic rings. The second-order valence-corrected chi connectivity index (χ2v) is 2.62. The molecule has 0 aliphatic heterocycles. The molecule has 0 bridgehead atoms. The van der Waals surface area contributed by atoms with E-state index in [1.54, 1.807) is 0 Å².